The maximum absolute atomic E-state index is 15.0. The van der Waals surface area contributed by atoms with Crippen molar-refractivity contribution in [2.75, 3.05) is 27.7 Å². The van der Waals surface area contributed by atoms with Gasteiger partial charge in [0.15, 0.2) is 0 Å². The lowest BCUT2D eigenvalue weighted by Gasteiger charge is -2.42. The van der Waals surface area contributed by atoms with Gasteiger partial charge in [0, 0.05) is 51.0 Å². The van der Waals surface area contributed by atoms with Crippen molar-refractivity contribution in [1.29, 1.82) is 0 Å². The van der Waals surface area contributed by atoms with Gasteiger partial charge in [-0.2, -0.15) is 0 Å². The van der Waals surface area contributed by atoms with E-state index in [4.69, 9.17) is 4.74 Å². The van der Waals surface area contributed by atoms with Gasteiger partial charge in [-0.05, 0) is 141 Å². The third-order valence-electron chi connectivity index (χ3n) is 17.3. The predicted molar refractivity (Wildman–Crippen MR) is 317 cm³/mol. The van der Waals surface area contributed by atoms with E-state index in [1.807, 2.05) is 112 Å². The molecule has 1 saturated heterocycles. The average molecular weight is 1110 g/mol. The van der Waals surface area contributed by atoms with Crippen molar-refractivity contribution >= 4 is 35.4 Å². The summed E-state index contributed by atoms with van der Waals surface area (Å²) in [6.07, 6.45) is 6.37. The smallest absolute Gasteiger partial charge is 0.251 e. The molecule has 2 aliphatic carbocycles. The van der Waals surface area contributed by atoms with Crippen LogP contribution in [0.2, 0.25) is 0 Å². The van der Waals surface area contributed by atoms with Crippen LogP contribution in [0.4, 0.5) is 0 Å². The summed E-state index contributed by atoms with van der Waals surface area (Å²) in [7, 11) is 5.26. The molecule has 0 radical (unpaired) electrons. The lowest BCUT2D eigenvalue weighted by Crippen LogP contribution is -2.60. The molecule has 2 aliphatic heterocycles. The Balaban J connectivity index is 0.848. The number of rotatable bonds is 19. The predicted octanol–water partition coefficient (Wildman–Crippen LogP) is 6.85. The third-order valence-corrected chi connectivity index (χ3v) is 17.3. The fourth-order valence-corrected chi connectivity index (χ4v) is 12.2. The number of carbonyl (C=O) groups is 6. The molecule has 5 aromatic rings. The number of hydrogen-bond acceptors (Lipinski definition) is 10. The second kappa shape index (κ2) is 26.2. The van der Waals surface area contributed by atoms with Gasteiger partial charge in [-0.25, -0.2) is 0 Å². The number of nitrogens with one attached hydrogen (secondary N) is 6. The normalized spacial score (nSPS) is 20.9. The van der Waals surface area contributed by atoms with Gasteiger partial charge < -0.3 is 46.0 Å². The molecule has 6 amide bonds. The molecule has 16 heteroatoms. The number of benzene rings is 5. The second-order valence-electron chi connectivity index (χ2n) is 24.0. The summed E-state index contributed by atoms with van der Waals surface area (Å²) in [6, 6.07) is 35.3. The van der Waals surface area contributed by atoms with Crippen molar-refractivity contribution in [2.24, 2.45) is 5.41 Å². The van der Waals surface area contributed by atoms with Crippen molar-refractivity contribution in [1.82, 2.24) is 46.6 Å². The Labute approximate surface area is 483 Å². The average Bonchev–Trinajstić information content (AvgIpc) is 3.81. The van der Waals surface area contributed by atoms with E-state index in [9.17, 15) is 24.0 Å². The summed E-state index contributed by atoms with van der Waals surface area (Å²) >= 11 is 0. The quantitative estimate of drug-likeness (QED) is 0.0510. The van der Waals surface area contributed by atoms with E-state index in [0.29, 0.717) is 24.2 Å². The summed E-state index contributed by atoms with van der Waals surface area (Å²) in [6.45, 7) is 10.1. The highest BCUT2D eigenvalue weighted by molar-refractivity contribution is 5.95. The Morgan fingerprint density at radius 2 is 1.26 bits per heavy atom. The van der Waals surface area contributed by atoms with Crippen LogP contribution in [0.15, 0.2) is 121 Å². The number of carbonyl (C=O) groups excluding carboxylic acids is 6. The molecule has 9 atom stereocenters. The zero-order valence-electron chi connectivity index (χ0n) is 48.9. The van der Waals surface area contributed by atoms with Crippen LogP contribution in [-0.4, -0.2) is 120 Å². The molecule has 0 saturated carbocycles. The Morgan fingerprint density at radius 3 is 1.91 bits per heavy atom. The molecule has 6 N–H and O–H groups in total. The second-order valence-corrected chi connectivity index (χ2v) is 24.0. The van der Waals surface area contributed by atoms with Crippen LogP contribution in [0.25, 0.3) is 0 Å². The number of hydrogen-bond donors (Lipinski definition) is 6. The Kier molecular flexibility index (Phi) is 18.9. The minimum atomic E-state index is -0.965. The van der Waals surface area contributed by atoms with E-state index in [-0.39, 0.29) is 85.9 Å². The van der Waals surface area contributed by atoms with Crippen molar-refractivity contribution in [3.8, 4) is 5.75 Å². The number of nitrogens with zero attached hydrogens (tertiary/aromatic N) is 3. The summed E-state index contributed by atoms with van der Waals surface area (Å²) in [4.78, 5) is 90.5. The van der Waals surface area contributed by atoms with Crippen LogP contribution in [0.3, 0.4) is 0 Å². The van der Waals surface area contributed by atoms with Gasteiger partial charge in [0.05, 0.1) is 30.3 Å². The molecule has 0 bridgehead atoms. The molecule has 0 spiro atoms. The van der Waals surface area contributed by atoms with Gasteiger partial charge in [0.2, 0.25) is 29.5 Å². The molecule has 9 rings (SSSR count). The van der Waals surface area contributed by atoms with E-state index in [1.54, 1.807) is 49.9 Å². The standard InChI is InChI=1S/C66H83N9O7/c1-41(67-6)60(76)71-55(63(79)74-38-49-20-10-9-19-48(49)36-57(74)64(80)73(8)56-26-16-22-46-18-12-14-24-53(46)56)35-43-29-33-51(34-30-43)82-40-44-27-31-47(32-28-44)62(78)69-50-37-58(70-54-25-15-21-45-17-11-13-23-52(45)54)75(39-50)65(81)59(66(3,4)5)72-61(77)42(2)68-7/h9-14,17-20,23-24,27-34,41-42,50,54-59,67-68,70H,15-16,21-22,25-26,35-40H2,1-8H3,(H,69,78)(H,71,76)(H,72,77)/t41-,42-,50-,54+,55-,56+,57-,58?,59+/m0/s1. The molecule has 2 heterocycles. The first kappa shape index (κ1) is 59.2. The van der Waals surface area contributed by atoms with Crippen LogP contribution in [0.5, 0.6) is 5.75 Å². The molecular weight excluding hydrogens is 1030 g/mol. The van der Waals surface area contributed by atoms with Crippen molar-refractivity contribution < 1.29 is 33.5 Å². The van der Waals surface area contributed by atoms with Crippen LogP contribution >= 0.6 is 0 Å². The fourth-order valence-electron chi connectivity index (χ4n) is 12.2. The molecule has 0 aromatic heterocycles. The minimum Gasteiger partial charge on any atom is -0.489 e. The fraction of sp³-hybridized carbons (Fsp3) is 0.455. The molecule has 16 nitrogen and oxygen atoms in total. The number of fused-ring (bicyclic) bond motifs is 3. The first-order valence-corrected chi connectivity index (χ1v) is 29.3. The first-order valence-electron chi connectivity index (χ1n) is 29.3. The first-order chi connectivity index (χ1) is 39.4. The molecule has 1 unspecified atom stereocenters. The van der Waals surface area contributed by atoms with Gasteiger partial charge >= 0.3 is 0 Å². The largest absolute Gasteiger partial charge is 0.489 e. The van der Waals surface area contributed by atoms with Crippen molar-refractivity contribution in [2.45, 2.75) is 160 Å². The molecule has 5 aromatic carbocycles. The van der Waals surface area contributed by atoms with E-state index in [2.05, 4.69) is 62.2 Å². The van der Waals surface area contributed by atoms with Crippen molar-refractivity contribution in [3.05, 3.63) is 171 Å². The van der Waals surface area contributed by atoms with Crippen LogP contribution in [0.1, 0.15) is 134 Å². The van der Waals surface area contributed by atoms with E-state index in [0.717, 1.165) is 66.3 Å². The molecule has 434 valence electrons. The summed E-state index contributed by atoms with van der Waals surface area (Å²) in [5, 5.41) is 19.0. The summed E-state index contributed by atoms with van der Waals surface area (Å²) < 4.78 is 6.23. The van der Waals surface area contributed by atoms with Gasteiger partial charge in [-0.1, -0.05) is 118 Å². The number of ether oxygens (including phenoxy) is 1. The third kappa shape index (κ3) is 13.7. The van der Waals surface area contributed by atoms with Crippen LogP contribution < -0.4 is 36.6 Å². The molecule has 1 fully saturated rings. The minimum absolute atomic E-state index is 0.0317. The Bertz CT molecular complexity index is 3090. The molecular formula is C66H83N9O7. The maximum atomic E-state index is 15.0. The summed E-state index contributed by atoms with van der Waals surface area (Å²) in [5.74, 6) is -0.897. The van der Waals surface area contributed by atoms with Crippen molar-refractivity contribution in [3.63, 3.8) is 0 Å². The number of aryl methyl sites for hydroxylation is 2. The molecule has 4 aliphatic rings. The maximum Gasteiger partial charge on any atom is 0.251 e. The number of amides is 6. The molecule has 82 heavy (non-hydrogen) atoms. The highest BCUT2D eigenvalue weighted by atomic mass is 16.5. The summed E-state index contributed by atoms with van der Waals surface area (Å²) in [5.41, 5.74) is 8.45. The van der Waals surface area contributed by atoms with E-state index >= 15 is 4.79 Å². The SMILES string of the molecule is CN[C@@H](C)C(=O)N[C@@H](Cc1ccc(OCc2ccc(C(=O)N[C@H]3CC(N[C@@H]4CCCc5ccccc54)N(C(=O)[C@@H](NC(=O)[C@H](C)NC)C(C)(C)C)C3)cc2)cc1)C(=O)N1Cc2ccccc2C[C@H]1C(=O)N(C)[C@@H]1CCCc2ccccc21. The van der Waals surface area contributed by atoms with Crippen LogP contribution in [-0.2, 0) is 62.8 Å². The lowest BCUT2D eigenvalue weighted by atomic mass is 9.85. The zero-order valence-corrected chi connectivity index (χ0v) is 48.9. The van der Waals surface area contributed by atoms with Crippen LogP contribution in [0, 0.1) is 5.41 Å². The highest BCUT2D eigenvalue weighted by Crippen LogP contribution is 2.37. The monoisotopic (exact) mass is 1110 g/mol. The lowest BCUT2D eigenvalue weighted by molar-refractivity contribution is -0.149. The van der Waals surface area contributed by atoms with Gasteiger partial charge in [0.1, 0.15) is 30.5 Å². The number of likely N-dealkylation sites (tertiary alicyclic amines) is 1. The van der Waals surface area contributed by atoms with E-state index in [1.165, 1.54) is 16.7 Å². The zero-order chi connectivity index (χ0) is 58.2. The number of likely N-dealkylation sites (N-methyl/N-ethyl adjacent to an activating group) is 3. The van der Waals surface area contributed by atoms with Gasteiger partial charge in [-0.15, -0.1) is 0 Å². The van der Waals surface area contributed by atoms with Gasteiger partial charge in [-0.3, -0.25) is 34.1 Å². The Hall–Kier alpha value is -7.40. The Morgan fingerprint density at radius 1 is 0.671 bits per heavy atom. The van der Waals surface area contributed by atoms with E-state index < -0.39 is 35.6 Å². The van der Waals surface area contributed by atoms with Gasteiger partial charge in [0.25, 0.3) is 5.91 Å². The highest BCUT2D eigenvalue weighted by Gasteiger charge is 2.45. The topological polar surface area (TPSA) is 194 Å².